The quantitative estimate of drug-likeness (QED) is 0.636. The maximum atomic E-state index is 13.1. The van der Waals surface area contributed by atoms with Crippen LogP contribution >= 0.6 is 11.3 Å². The lowest BCUT2D eigenvalue weighted by atomic mass is 9.97. The van der Waals surface area contributed by atoms with E-state index < -0.39 is 29.2 Å². The van der Waals surface area contributed by atoms with Gasteiger partial charge in [0.15, 0.2) is 23.2 Å². The zero-order valence-electron chi connectivity index (χ0n) is 9.36. The summed E-state index contributed by atoms with van der Waals surface area (Å²) in [7, 11) is 0. The van der Waals surface area contributed by atoms with Crippen LogP contribution in [0, 0.1) is 28.8 Å². The Balaban J connectivity index is 2.42. The first-order valence-electron chi connectivity index (χ1n) is 5.16. The molecule has 1 aromatic heterocycles. The van der Waals surface area contributed by atoms with Gasteiger partial charge in [0.25, 0.3) is 0 Å². The Kier molecular flexibility index (Phi) is 3.67. The van der Waals surface area contributed by atoms with Crippen molar-refractivity contribution >= 4 is 17.1 Å². The van der Waals surface area contributed by atoms with Crippen molar-refractivity contribution in [1.29, 1.82) is 5.26 Å². The van der Waals surface area contributed by atoms with E-state index in [1.807, 2.05) is 0 Å². The summed E-state index contributed by atoms with van der Waals surface area (Å²) < 4.78 is 38.9. The molecule has 19 heavy (non-hydrogen) atoms. The second-order valence-corrected chi connectivity index (χ2v) is 4.67. The maximum absolute atomic E-state index is 13.1. The lowest BCUT2D eigenvalue weighted by Gasteiger charge is -2.07. The normalized spacial score (nSPS) is 11.9. The van der Waals surface area contributed by atoms with Crippen molar-refractivity contribution in [3.8, 4) is 6.07 Å². The molecule has 2 aromatic rings. The number of carbonyl (C=O) groups excluding carboxylic acids is 1. The van der Waals surface area contributed by atoms with Crippen LogP contribution in [0.2, 0.25) is 0 Å². The number of ketones is 1. The number of hydrogen-bond donors (Lipinski definition) is 0. The van der Waals surface area contributed by atoms with Crippen molar-refractivity contribution in [2.24, 2.45) is 0 Å². The van der Waals surface area contributed by atoms with Crippen LogP contribution in [0.25, 0.3) is 0 Å². The summed E-state index contributed by atoms with van der Waals surface area (Å²) in [4.78, 5) is 12.5. The molecule has 1 aromatic carbocycles. The van der Waals surface area contributed by atoms with Gasteiger partial charge in [-0.05, 0) is 23.6 Å². The first kappa shape index (κ1) is 13.3. The molecule has 0 aliphatic rings. The van der Waals surface area contributed by atoms with E-state index in [9.17, 15) is 18.0 Å². The second kappa shape index (κ2) is 5.24. The van der Waals surface area contributed by atoms with E-state index in [-0.39, 0.29) is 5.56 Å². The molecule has 0 radical (unpaired) electrons. The fraction of sp³-hybridized carbons (Fsp3) is 0.0769. The minimum absolute atomic E-state index is 0.364. The van der Waals surface area contributed by atoms with Gasteiger partial charge in [-0.2, -0.15) is 5.26 Å². The zero-order chi connectivity index (χ0) is 14.0. The number of carbonyl (C=O) groups is 1. The second-order valence-electron chi connectivity index (χ2n) is 3.70. The summed E-state index contributed by atoms with van der Waals surface area (Å²) in [6.07, 6.45) is 0. The highest BCUT2D eigenvalue weighted by Crippen LogP contribution is 2.25. The van der Waals surface area contributed by atoms with Crippen molar-refractivity contribution in [1.82, 2.24) is 0 Å². The Morgan fingerprint density at radius 2 is 1.89 bits per heavy atom. The third kappa shape index (κ3) is 2.51. The summed E-state index contributed by atoms with van der Waals surface area (Å²) in [6, 6.07) is 6.20. The highest BCUT2D eigenvalue weighted by Gasteiger charge is 2.25. The van der Waals surface area contributed by atoms with Gasteiger partial charge in [-0.1, -0.05) is 6.07 Å². The van der Waals surface area contributed by atoms with E-state index in [0.717, 1.165) is 0 Å². The predicted molar refractivity (Wildman–Crippen MR) is 63.3 cm³/mol. The highest BCUT2D eigenvalue weighted by molar-refractivity contribution is 7.10. The number of Topliss-reactive ketones (excluding diaryl/α,β-unsaturated/α-hetero) is 1. The molecule has 6 heteroatoms. The molecule has 0 fully saturated rings. The van der Waals surface area contributed by atoms with Gasteiger partial charge in [0.1, 0.15) is 5.92 Å². The van der Waals surface area contributed by atoms with Crippen LogP contribution in [0.5, 0.6) is 0 Å². The lowest BCUT2D eigenvalue weighted by Crippen LogP contribution is -2.11. The molecular weight excluding hydrogens is 275 g/mol. The Morgan fingerprint density at radius 3 is 2.37 bits per heavy atom. The molecule has 1 heterocycles. The Bertz CT molecular complexity index is 638. The van der Waals surface area contributed by atoms with Gasteiger partial charge in [-0.25, -0.2) is 13.2 Å². The average Bonchev–Trinajstić information content (AvgIpc) is 2.90. The Labute approximate surface area is 110 Å². The van der Waals surface area contributed by atoms with E-state index in [4.69, 9.17) is 5.26 Å². The maximum Gasteiger partial charge on any atom is 0.194 e. The Morgan fingerprint density at radius 1 is 1.26 bits per heavy atom. The molecule has 1 atom stereocenters. The number of nitrogens with zero attached hydrogens (tertiary/aromatic N) is 1. The van der Waals surface area contributed by atoms with Crippen LogP contribution in [0.4, 0.5) is 13.2 Å². The van der Waals surface area contributed by atoms with Crippen molar-refractivity contribution in [3.63, 3.8) is 0 Å². The molecule has 2 rings (SSSR count). The van der Waals surface area contributed by atoms with E-state index in [0.29, 0.717) is 17.0 Å². The van der Waals surface area contributed by atoms with Crippen LogP contribution in [0.15, 0.2) is 29.6 Å². The van der Waals surface area contributed by atoms with E-state index >= 15 is 0 Å². The molecule has 0 saturated carbocycles. The van der Waals surface area contributed by atoms with Crippen molar-refractivity contribution in [3.05, 3.63) is 57.5 Å². The number of halogens is 3. The number of thiophene rings is 1. The SMILES string of the molecule is N#CC(C(=O)c1cc(F)c(F)c(F)c1)c1cccs1. The first-order chi connectivity index (χ1) is 9.04. The molecule has 0 spiro atoms. The average molecular weight is 281 g/mol. The molecule has 2 nitrogen and oxygen atoms in total. The minimum Gasteiger partial charge on any atom is -0.292 e. The van der Waals surface area contributed by atoms with Gasteiger partial charge in [-0.15, -0.1) is 11.3 Å². The molecular formula is C13H6F3NOS. The van der Waals surface area contributed by atoms with Gasteiger partial charge in [0.05, 0.1) is 6.07 Å². The van der Waals surface area contributed by atoms with E-state index in [2.05, 4.69) is 0 Å². The molecule has 0 aliphatic carbocycles. The molecule has 0 bridgehead atoms. The third-order valence-corrected chi connectivity index (χ3v) is 3.42. The third-order valence-electron chi connectivity index (χ3n) is 2.49. The summed E-state index contributed by atoms with van der Waals surface area (Å²) >= 11 is 1.19. The van der Waals surface area contributed by atoms with Gasteiger partial charge in [0, 0.05) is 10.4 Å². The van der Waals surface area contributed by atoms with E-state index in [1.54, 1.807) is 23.6 Å². The summed E-state index contributed by atoms with van der Waals surface area (Å²) in [5, 5.41) is 10.7. The number of nitriles is 1. The van der Waals surface area contributed by atoms with Crippen molar-refractivity contribution < 1.29 is 18.0 Å². The molecule has 0 aliphatic heterocycles. The summed E-state index contributed by atoms with van der Waals surface area (Å²) in [5.41, 5.74) is -0.364. The standard InChI is InChI=1S/C13H6F3NOS/c14-9-4-7(5-10(15)12(9)16)13(18)8(6-17)11-2-1-3-19-11/h1-5,8H. The van der Waals surface area contributed by atoms with E-state index in [1.165, 1.54) is 11.3 Å². The van der Waals surface area contributed by atoms with Crippen molar-refractivity contribution in [2.75, 3.05) is 0 Å². The minimum atomic E-state index is -1.64. The van der Waals surface area contributed by atoms with Crippen LogP contribution in [-0.4, -0.2) is 5.78 Å². The van der Waals surface area contributed by atoms with Crippen LogP contribution in [0.1, 0.15) is 21.2 Å². The Hall–Kier alpha value is -2.13. The van der Waals surface area contributed by atoms with Gasteiger partial charge in [-0.3, -0.25) is 4.79 Å². The largest absolute Gasteiger partial charge is 0.292 e. The first-order valence-corrected chi connectivity index (χ1v) is 6.04. The summed E-state index contributed by atoms with van der Waals surface area (Å²) in [6.45, 7) is 0. The molecule has 0 amide bonds. The van der Waals surface area contributed by atoms with Gasteiger partial charge < -0.3 is 0 Å². The molecule has 96 valence electrons. The number of hydrogen-bond acceptors (Lipinski definition) is 3. The van der Waals surface area contributed by atoms with Crippen LogP contribution in [0.3, 0.4) is 0 Å². The summed E-state index contributed by atoms with van der Waals surface area (Å²) in [5.74, 6) is -6.45. The fourth-order valence-corrected chi connectivity index (χ4v) is 2.34. The number of benzene rings is 1. The van der Waals surface area contributed by atoms with Crippen LogP contribution in [-0.2, 0) is 0 Å². The smallest absolute Gasteiger partial charge is 0.194 e. The topological polar surface area (TPSA) is 40.9 Å². The highest BCUT2D eigenvalue weighted by atomic mass is 32.1. The van der Waals surface area contributed by atoms with Crippen LogP contribution < -0.4 is 0 Å². The van der Waals surface area contributed by atoms with Gasteiger partial charge >= 0.3 is 0 Å². The number of rotatable bonds is 3. The lowest BCUT2D eigenvalue weighted by molar-refractivity contribution is 0.0978. The zero-order valence-corrected chi connectivity index (χ0v) is 10.2. The molecule has 1 unspecified atom stereocenters. The van der Waals surface area contributed by atoms with Crippen molar-refractivity contribution in [2.45, 2.75) is 5.92 Å². The monoisotopic (exact) mass is 281 g/mol. The fourth-order valence-electron chi connectivity index (χ4n) is 1.57. The molecule has 0 saturated heterocycles. The predicted octanol–water partition coefficient (Wildman–Crippen LogP) is 3.66. The molecule has 0 N–H and O–H groups in total. The van der Waals surface area contributed by atoms with Gasteiger partial charge in [0.2, 0.25) is 0 Å².